The first-order valence-corrected chi connectivity index (χ1v) is 10.4. The fraction of sp³-hybridized carbons (Fsp3) is 0.412. The Morgan fingerprint density at radius 2 is 1.92 bits per heavy atom. The summed E-state index contributed by atoms with van der Waals surface area (Å²) >= 11 is 1.39. The largest absolute Gasteiger partial charge is 0.260 e. The molecule has 3 aromatic rings. The van der Waals surface area contributed by atoms with Gasteiger partial charge in [-0.2, -0.15) is 9.61 Å². The van der Waals surface area contributed by atoms with E-state index in [9.17, 15) is 8.42 Å². The van der Waals surface area contributed by atoms with Crippen molar-refractivity contribution in [1.29, 1.82) is 0 Å². The Hall–Kier alpha value is -1.77. The minimum atomic E-state index is -3.73. The average Bonchev–Trinajstić information content (AvgIpc) is 3.04. The summed E-state index contributed by atoms with van der Waals surface area (Å²) in [5.74, 6) is -0.0117. The van der Waals surface area contributed by atoms with Gasteiger partial charge in [-0.25, -0.2) is 18.1 Å². The summed E-state index contributed by atoms with van der Waals surface area (Å²) in [6.45, 7) is 9.99. The highest BCUT2D eigenvalue weighted by Crippen LogP contribution is 2.27. The summed E-state index contributed by atoms with van der Waals surface area (Å²) in [6.07, 6.45) is 0. The topological polar surface area (TPSA) is 76.4 Å². The fourth-order valence-corrected chi connectivity index (χ4v) is 4.84. The summed E-state index contributed by atoms with van der Waals surface area (Å²) in [4.78, 5) is 5.08. The number of aromatic nitrogens is 3. The van der Waals surface area contributed by atoms with E-state index in [0.717, 1.165) is 16.1 Å². The fourth-order valence-electron chi connectivity index (χ4n) is 2.63. The molecule has 1 N–H and O–H groups in total. The van der Waals surface area contributed by atoms with Gasteiger partial charge in [0.05, 0.1) is 5.69 Å². The standard InChI is InChI=1S/C17H22N4O2S2/c1-10(2)15-16(21-17(19-15)24-13(5)20-21)25(22,23)18-9-14-7-6-11(3)12(4)8-14/h6-8,10,18H,9H2,1-5H3. The van der Waals surface area contributed by atoms with Crippen LogP contribution in [-0.2, 0) is 16.6 Å². The van der Waals surface area contributed by atoms with E-state index in [1.807, 2.05) is 52.8 Å². The maximum Gasteiger partial charge on any atom is 0.260 e. The molecule has 0 saturated heterocycles. The Balaban J connectivity index is 1.97. The second-order valence-corrected chi connectivity index (χ2v) is 9.36. The SMILES string of the molecule is Cc1nn2c(S(=O)(=O)NCc3ccc(C)c(C)c3)c(C(C)C)nc2s1. The first-order chi connectivity index (χ1) is 11.7. The molecule has 0 unspecified atom stereocenters. The van der Waals surface area contributed by atoms with E-state index in [1.54, 1.807) is 0 Å². The molecular formula is C17H22N4O2S2. The van der Waals surface area contributed by atoms with Gasteiger partial charge in [0.1, 0.15) is 5.01 Å². The van der Waals surface area contributed by atoms with Gasteiger partial charge >= 0.3 is 0 Å². The highest BCUT2D eigenvalue weighted by molar-refractivity contribution is 7.89. The van der Waals surface area contributed by atoms with Crippen molar-refractivity contribution in [3.63, 3.8) is 0 Å². The van der Waals surface area contributed by atoms with Crippen molar-refractivity contribution in [2.24, 2.45) is 0 Å². The van der Waals surface area contributed by atoms with Gasteiger partial charge in [0, 0.05) is 6.54 Å². The number of hydrogen-bond donors (Lipinski definition) is 1. The lowest BCUT2D eigenvalue weighted by atomic mass is 10.1. The van der Waals surface area contributed by atoms with Crippen molar-refractivity contribution >= 4 is 26.3 Å². The van der Waals surface area contributed by atoms with E-state index in [1.165, 1.54) is 21.4 Å². The third-order valence-electron chi connectivity index (χ3n) is 4.13. The molecule has 0 aliphatic heterocycles. The Kier molecular flexibility index (Phi) is 4.70. The molecule has 0 atom stereocenters. The third kappa shape index (κ3) is 3.47. The Morgan fingerprint density at radius 1 is 1.20 bits per heavy atom. The minimum absolute atomic E-state index is 0.0117. The molecule has 134 valence electrons. The molecule has 0 aliphatic carbocycles. The van der Waals surface area contributed by atoms with Crippen molar-refractivity contribution in [2.75, 3.05) is 0 Å². The van der Waals surface area contributed by atoms with Crippen molar-refractivity contribution < 1.29 is 8.42 Å². The zero-order chi connectivity index (χ0) is 18.4. The molecule has 25 heavy (non-hydrogen) atoms. The minimum Gasteiger partial charge on any atom is -0.221 e. The third-order valence-corrected chi connectivity index (χ3v) is 6.37. The van der Waals surface area contributed by atoms with Gasteiger partial charge in [-0.15, -0.1) is 0 Å². The number of nitrogens with one attached hydrogen (secondary N) is 1. The van der Waals surface area contributed by atoms with Crippen LogP contribution in [0, 0.1) is 20.8 Å². The monoisotopic (exact) mass is 378 g/mol. The molecule has 0 amide bonds. The van der Waals surface area contributed by atoms with Crippen LogP contribution in [0.25, 0.3) is 4.96 Å². The predicted octanol–water partition coefficient (Wildman–Crippen LogP) is 3.32. The lowest BCUT2D eigenvalue weighted by Gasteiger charge is -2.10. The van der Waals surface area contributed by atoms with Crippen molar-refractivity contribution in [1.82, 2.24) is 19.3 Å². The smallest absolute Gasteiger partial charge is 0.221 e. The molecule has 0 spiro atoms. The molecule has 1 aromatic carbocycles. The van der Waals surface area contributed by atoms with Crippen LogP contribution in [0.5, 0.6) is 0 Å². The van der Waals surface area contributed by atoms with E-state index in [-0.39, 0.29) is 17.5 Å². The molecule has 0 radical (unpaired) electrons. The highest BCUT2D eigenvalue weighted by Gasteiger charge is 2.28. The van der Waals surface area contributed by atoms with Crippen LogP contribution in [-0.4, -0.2) is 23.0 Å². The van der Waals surface area contributed by atoms with Gasteiger partial charge < -0.3 is 0 Å². The number of benzene rings is 1. The maximum absolute atomic E-state index is 13.0. The average molecular weight is 379 g/mol. The Labute approximate surface area is 152 Å². The first-order valence-electron chi connectivity index (χ1n) is 8.11. The molecule has 0 aliphatic rings. The molecule has 0 fully saturated rings. The van der Waals surface area contributed by atoms with Crippen molar-refractivity contribution in [3.8, 4) is 0 Å². The molecule has 0 bridgehead atoms. The number of nitrogens with zero attached hydrogens (tertiary/aromatic N) is 3. The summed E-state index contributed by atoms with van der Waals surface area (Å²) in [7, 11) is -3.73. The van der Waals surface area contributed by atoms with Crippen LogP contribution < -0.4 is 4.72 Å². The lowest BCUT2D eigenvalue weighted by Crippen LogP contribution is -2.26. The normalized spacial score (nSPS) is 12.4. The molecular weight excluding hydrogens is 356 g/mol. The van der Waals surface area contributed by atoms with Gasteiger partial charge in [-0.1, -0.05) is 43.4 Å². The van der Waals surface area contributed by atoms with Crippen LogP contribution in [0.1, 0.15) is 47.2 Å². The van der Waals surface area contributed by atoms with E-state index >= 15 is 0 Å². The number of imidazole rings is 1. The van der Waals surface area contributed by atoms with E-state index in [2.05, 4.69) is 14.8 Å². The number of hydrogen-bond acceptors (Lipinski definition) is 5. The van der Waals surface area contributed by atoms with Crippen LogP contribution in [0.2, 0.25) is 0 Å². The summed E-state index contributed by atoms with van der Waals surface area (Å²) < 4.78 is 30.1. The first kappa shape index (κ1) is 18.0. The van der Waals surface area contributed by atoms with E-state index < -0.39 is 10.0 Å². The van der Waals surface area contributed by atoms with Gasteiger partial charge in [-0.05, 0) is 43.4 Å². The molecule has 8 heteroatoms. The summed E-state index contributed by atoms with van der Waals surface area (Å²) in [5.41, 5.74) is 3.80. The quantitative estimate of drug-likeness (QED) is 0.739. The number of rotatable bonds is 5. The van der Waals surface area contributed by atoms with Gasteiger partial charge in [0.2, 0.25) is 4.96 Å². The summed E-state index contributed by atoms with van der Waals surface area (Å²) in [5, 5.41) is 5.24. The van der Waals surface area contributed by atoms with Crippen molar-refractivity contribution in [2.45, 2.75) is 52.1 Å². The zero-order valence-corrected chi connectivity index (χ0v) is 16.6. The van der Waals surface area contributed by atoms with Gasteiger partial charge in [-0.3, -0.25) is 0 Å². The molecule has 0 saturated carbocycles. The maximum atomic E-state index is 13.0. The molecule has 2 aromatic heterocycles. The molecule has 6 nitrogen and oxygen atoms in total. The van der Waals surface area contributed by atoms with Gasteiger partial charge in [0.15, 0.2) is 5.03 Å². The van der Waals surface area contributed by atoms with E-state index in [0.29, 0.717) is 10.7 Å². The molecule has 2 heterocycles. The summed E-state index contributed by atoms with van der Waals surface area (Å²) in [6, 6.07) is 5.94. The van der Waals surface area contributed by atoms with E-state index in [4.69, 9.17) is 0 Å². The Morgan fingerprint density at radius 3 is 2.56 bits per heavy atom. The number of fused-ring (bicyclic) bond motifs is 1. The number of aryl methyl sites for hydroxylation is 3. The Bertz CT molecular complexity index is 1030. The van der Waals surface area contributed by atoms with Crippen LogP contribution >= 0.6 is 11.3 Å². The molecule has 3 rings (SSSR count). The number of sulfonamides is 1. The zero-order valence-electron chi connectivity index (χ0n) is 15.0. The van der Waals surface area contributed by atoms with Crippen molar-refractivity contribution in [3.05, 3.63) is 45.6 Å². The van der Waals surface area contributed by atoms with Crippen LogP contribution in [0.3, 0.4) is 0 Å². The van der Waals surface area contributed by atoms with Gasteiger partial charge in [0.25, 0.3) is 10.0 Å². The van der Waals surface area contributed by atoms with Crippen LogP contribution in [0.4, 0.5) is 0 Å². The second-order valence-electron chi connectivity index (χ2n) is 6.52. The lowest BCUT2D eigenvalue weighted by molar-refractivity contribution is 0.569. The predicted molar refractivity (Wildman–Crippen MR) is 99.6 cm³/mol. The second kappa shape index (κ2) is 6.51. The highest BCUT2D eigenvalue weighted by atomic mass is 32.2. The van der Waals surface area contributed by atoms with Crippen LogP contribution in [0.15, 0.2) is 23.2 Å².